The van der Waals surface area contributed by atoms with Crippen molar-refractivity contribution < 1.29 is 9.53 Å². The maximum absolute atomic E-state index is 11.8. The quantitative estimate of drug-likeness (QED) is 0.645. The summed E-state index contributed by atoms with van der Waals surface area (Å²) in [6, 6.07) is 7.72. The fraction of sp³-hybridized carbons (Fsp3) is 0.429. The van der Waals surface area contributed by atoms with Crippen LogP contribution < -0.4 is 10.6 Å². The minimum atomic E-state index is -0.398. The molecule has 0 heterocycles. The SMILES string of the molecule is COC(=O)c1cccc(N)c1N(CCC#N)C1CC1. The number of para-hydroxylation sites is 1. The highest BCUT2D eigenvalue weighted by Crippen LogP contribution is 2.37. The second kappa shape index (κ2) is 5.61. The predicted octanol–water partition coefficient (Wildman–Crippen LogP) is 1.94. The first-order valence-electron chi connectivity index (χ1n) is 6.29. The van der Waals surface area contributed by atoms with Crippen LogP contribution in [0.25, 0.3) is 0 Å². The van der Waals surface area contributed by atoms with Gasteiger partial charge in [-0.2, -0.15) is 5.26 Å². The minimum absolute atomic E-state index is 0.376. The molecule has 1 aliphatic rings. The van der Waals surface area contributed by atoms with Crippen molar-refractivity contribution in [2.75, 3.05) is 24.3 Å². The lowest BCUT2D eigenvalue weighted by molar-refractivity contribution is 0.0601. The molecule has 0 saturated heterocycles. The number of methoxy groups -OCH3 is 1. The number of nitrogens with two attached hydrogens (primary N) is 1. The molecule has 1 aliphatic carbocycles. The highest BCUT2D eigenvalue weighted by atomic mass is 16.5. The fourth-order valence-corrected chi connectivity index (χ4v) is 2.19. The van der Waals surface area contributed by atoms with Crippen molar-refractivity contribution in [2.24, 2.45) is 0 Å². The van der Waals surface area contributed by atoms with Gasteiger partial charge in [0.05, 0.1) is 36.5 Å². The monoisotopic (exact) mass is 259 g/mol. The van der Waals surface area contributed by atoms with Gasteiger partial charge in [-0.25, -0.2) is 4.79 Å². The van der Waals surface area contributed by atoms with Crippen molar-refractivity contribution >= 4 is 17.3 Å². The molecule has 0 bridgehead atoms. The van der Waals surface area contributed by atoms with Crippen LogP contribution in [0, 0.1) is 11.3 Å². The van der Waals surface area contributed by atoms with E-state index in [1.54, 1.807) is 18.2 Å². The van der Waals surface area contributed by atoms with Crippen LogP contribution in [0.4, 0.5) is 11.4 Å². The van der Waals surface area contributed by atoms with E-state index in [0.717, 1.165) is 12.8 Å². The Bertz CT molecular complexity index is 518. The lowest BCUT2D eigenvalue weighted by Crippen LogP contribution is -2.29. The second-order valence-corrected chi connectivity index (χ2v) is 4.57. The largest absolute Gasteiger partial charge is 0.465 e. The first-order valence-corrected chi connectivity index (χ1v) is 6.29. The molecule has 1 saturated carbocycles. The molecule has 0 aromatic heterocycles. The summed E-state index contributed by atoms with van der Waals surface area (Å²) in [6.45, 7) is 0.583. The van der Waals surface area contributed by atoms with E-state index < -0.39 is 5.97 Å². The van der Waals surface area contributed by atoms with Gasteiger partial charge in [-0.15, -0.1) is 0 Å². The van der Waals surface area contributed by atoms with Crippen LogP contribution in [0.2, 0.25) is 0 Å². The third-order valence-electron chi connectivity index (χ3n) is 3.21. The summed E-state index contributed by atoms with van der Waals surface area (Å²) in [4.78, 5) is 13.9. The maximum Gasteiger partial charge on any atom is 0.340 e. The minimum Gasteiger partial charge on any atom is -0.465 e. The van der Waals surface area contributed by atoms with E-state index in [2.05, 4.69) is 11.0 Å². The number of anilines is 2. The van der Waals surface area contributed by atoms with Crippen LogP contribution in [0.3, 0.4) is 0 Å². The molecule has 1 aromatic carbocycles. The van der Waals surface area contributed by atoms with Crippen LogP contribution in [-0.4, -0.2) is 25.7 Å². The topological polar surface area (TPSA) is 79.3 Å². The molecule has 5 nitrogen and oxygen atoms in total. The molecule has 0 amide bonds. The summed E-state index contributed by atoms with van der Waals surface area (Å²) in [5, 5.41) is 8.76. The zero-order valence-electron chi connectivity index (χ0n) is 10.9. The fourth-order valence-electron chi connectivity index (χ4n) is 2.19. The van der Waals surface area contributed by atoms with Gasteiger partial charge in [-0.1, -0.05) is 6.07 Å². The van der Waals surface area contributed by atoms with Crippen LogP contribution in [0.1, 0.15) is 29.6 Å². The number of nitriles is 1. The second-order valence-electron chi connectivity index (χ2n) is 4.57. The predicted molar refractivity (Wildman–Crippen MR) is 72.8 cm³/mol. The van der Waals surface area contributed by atoms with E-state index in [0.29, 0.717) is 35.9 Å². The number of rotatable bonds is 5. The standard InChI is InChI=1S/C14H17N3O2/c1-19-14(18)11-4-2-5-12(16)13(11)17(9-3-8-15)10-6-7-10/h2,4-5,10H,3,6-7,9,16H2,1H3. The third kappa shape index (κ3) is 2.79. The number of carbonyl (C=O) groups is 1. The number of hydrogen-bond acceptors (Lipinski definition) is 5. The molecular formula is C14H17N3O2. The van der Waals surface area contributed by atoms with Gasteiger partial charge in [-0.05, 0) is 25.0 Å². The summed E-state index contributed by atoms with van der Waals surface area (Å²) in [6.07, 6.45) is 2.55. The van der Waals surface area contributed by atoms with Crippen molar-refractivity contribution in [1.82, 2.24) is 0 Å². The summed E-state index contributed by atoms with van der Waals surface area (Å²) in [5.41, 5.74) is 7.73. The number of nitrogens with zero attached hydrogens (tertiary/aromatic N) is 2. The van der Waals surface area contributed by atoms with Crippen LogP contribution in [-0.2, 0) is 4.74 Å². The molecule has 0 spiro atoms. The van der Waals surface area contributed by atoms with Crippen molar-refractivity contribution in [3.63, 3.8) is 0 Å². The molecule has 100 valence electrons. The number of nitrogen functional groups attached to an aromatic ring is 1. The first kappa shape index (κ1) is 13.2. The Labute approximate surface area is 112 Å². The van der Waals surface area contributed by atoms with E-state index in [9.17, 15) is 4.79 Å². The van der Waals surface area contributed by atoms with E-state index >= 15 is 0 Å². The molecule has 1 aromatic rings. The molecule has 2 rings (SSSR count). The normalized spacial score (nSPS) is 13.7. The maximum atomic E-state index is 11.8. The smallest absolute Gasteiger partial charge is 0.340 e. The lowest BCUT2D eigenvalue weighted by Gasteiger charge is -2.27. The lowest BCUT2D eigenvalue weighted by atomic mass is 10.1. The van der Waals surface area contributed by atoms with Crippen molar-refractivity contribution in [1.29, 1.82) is 5.26 Å². The average Bonchev–Trinajstić information content (AvgIpc) is 3.24. The Kier molecular flexibility index (Phi) is 3.91. The van der Waals surface area contributed by atoms with E-state index in [1.807, 2.05) is 0 Å². The molecule has 1 fully saturated rings. The molecule has 2 N–H and O–H groups in total. The number of benzene rings is 1. The zero-order chi connectivity index (χ0) is 13.8. The summed E-state index contributed by atoms with van der Waals surface area (Å²) < 4.78 is 4.80. The van der Waals surface area contributed by atoms with E-state index in [-0.39, 0.29) is 0 Å². The van der Waals surface area contributed by atoms with Crippen molar-refractivity contribution in [2.45, 2.75) is 25.3 Å². The Morgan fingerprint density at radius 3 is 2.89 bits per heavy atom. The first-order chi connectivity index (χ1) is 9.19. The Morgan fingerprint density at radius 2 is 2.32 bits per heavy atom. The molecule has 5 heteroatoms. The average molecular weight is 259 g/mol. The summed E-state index contributed by atoms with van der Waals surface area (Å²) in [7, 11) is 1.35. The zero-order valence-corrected chi connectivity index (χ0v) is 10.9. The molecule has 19 heavy (non-hydrogen) atoms. The van der Waals surface area contributed by atoms with Gasteiger partial charge in [0.2, 0.25) is 0 Å². The molecule has 0 unspecified atom stereocenters. The Hall–Kier alpha value is -2.22. The van der Waals surface area contributed by atoms with Gasteiger partial charge < -0.3 is 15.4 Å². The highest BCUT2D eigenvalue weighted by molar-refractivity contribution is 5.99. The van der Waals surface area contributed by atoms with Gasteiger partial charge in [-0.3, -0.25) is 0 Å². The number of ether oxygens (including phenoxy) is 1. The third-order valence-corrected chi connectivity index (χ3v) is 3.21. The van der Waals surface area contributed by atoms with E-state index in [4.69, 9.17) is 15.7 Å². The summed E-state index contributed by atoms with van der Waals surface area (Å²) >= 11 is 0. The van der Waals surface area contributed by atoms with Crippen molar-refractivity contribution in [3.8, 4) is 6.07 Å². The van der Waals surface area contributed by atoms with Gasteiger partial charge in [0.15, 0.2) is 0 Å². The number of esters is 1. The molecular weight excluding hydrogens is 242 g/mol. The number of carbonyl (C=O) groups excluding carboxylic acids is 1. The van der Waals surface area contributed by atoms with Gasteiger partial charge >= 0.3 is 5.97 Å². The van der Waals surface area contributed by atoms with Crippen LogP contribution in [0.15, 0.2) is 18.2 Å². The van der Waals surface area contributed by atoms with Gasteiger partial charge in [0.1, 0.15) is 0 Å². The van der Waals surface area contributed by atoms with Crippen LogP contribution >= 0.6 is 0 Å². The van der Waals surface area contributed by atoms with E-state index in [1.165, 1.54) is 7.11 Å². The Balaban J connectivity index is 2.40. The van der Waals surface area contributed by atoms with Gasteiger partial charge in [0, 0.05) is 12.6 Å². The van der Waals surface area contributed by atoms with Crippen LogP contribution in [0.5, 0.6) is 0 Å². The number of hydrogen-bond donors (Lipinski definition) is 1. The van der Waals surface area contributed by atoms with Crippen molar-refractivity contribution in [3.05, 3.63) is 23.8 Å². The Morgan fingerprint density at radius 1 is 1.58 bits per heavy atom. The molecule has 0 aliphatic heterocycles. The van der Waals surface area contributed by atoms with Gasteiger partial charge in [0.25, 0.3) is 0 Å². The molecule has 0 radical (unpaired) electrons. The highest BCUT2D eigenvalue weighted by Gasteiger charge is 2.32. The summed E-state index contributed by atoms with van der Waals surface area (Å²) in [5.74, 6) is -0.398. The molecule has 0 atom stereocenters.